The van der Waals surface area contributed by atoms with Gasteiger partial charge in [0.1, 0.15) is 11.1 Å². The number of hydrogen-bond donors (Lipinski definition) is 0. The van der Waals surface area contributed by atoms with E-state index in [-0.39, 0.29) is 5.56 Å². The molecule has 164 valence electrons. The van der Waals surface area contributed by atoms with E-state index in [4.69, 9.17) is 4.42 Å². The smallest absolute Gasteiger partial charge is 0.347 e. The predicted octanol–water partition coefficient (Wildman–Crippen LogP) is 7.16. The maximum Gasteiger partial charge on any atom is 0.347 e. The predicted molar refractivity (Wildman–Crippen MR) is 137 cm³/mol. The molecule has 4 heteroatoms. The van der Waals surface area contributed by atoms with Crippen LogP contribution >= 0.6 is 0 Å². The fraction of sp³-hybridized carbons (Fsp3) is 0. The van der Waals surface area contributed by atoms with Crippen molar-refractivity contribution in [1.82, 2.24) is 0 Å². The highest BCUT2D eigenvalue weighted by molar-refractivity contribution is 6.07. The summed E-state index contributed by atoms with van der Waals surface area (Å²) in [6.45, 7) is 0. The number of hydrogen-bond acceptors (Lipinski definition) is 4. The molecule has 1 heterocycles. The van der Waals surface area contributed by atoms with Gasteiger partial charge in [-0.15, -0.1) is 0 Å². The third-order valence-corrected chi connectivity index (χ3v) is 5.51. The van der Waals surface area contributed by atoms with Crippen LogP contribution in [-0.2, 0) is 0 Å². The summed E-state index contributed by atoms with van der Waals surface area (Å²) in [5.74, 6) is -0.390. The van der Waals surface area contributed by atoms with Crippen molar-refractivity contribution in [2.24, 2.45) is 0 Å². The van der Waals surface area contributed by atoms with Crippen LogP contribution in [0.2, 0.25) is 0 Å². The zero-order valence-corrected chi connectivity index (χ0v) is 18.3. The molecule has 5 aromatic rings. The number of carbonyl (C=O) groups is 1. The van der Waals surface area contributed by atoms with Gasteiger partial charge >= 0.3 is 5.63 Å². The van der Waals surface area contributed by atoms with Crippen molar-refractivity contribution in [2.75, 3.05) is 4.90 Å². The van der Waals surface area contributed by atoms with Gasteiger partial charge in [-0.05, 0) is 60.2 Å². The second-order valence-electron chi connectivity index (χ2n) is 7.78. The van der Waals surface area contributed by atoms with E-state index in [0.717, 1.165) is 22.6 Å². The van der Waals surface area contributed by atoms with Gasteiger partial charge in [0.15, 0.2) is 5.78 Å². The van der Waals surface area contributed by atoms with Crippen molar-refractivity contribution in [2.45, 2.75) is 0 Å². The topological polar surface area (TPSA) is 50.5 Å². The highest BCUT2D eigenvalue weighted by atomic mass is 16.4. The monoisotopic (exact) mass is 443 g/mol. The third kappa shape index (κ3) is 4.43. The summed E-state index contributed by atoms with van der Waals surface area (Å²) in [6, 6.07) is 36.9. The maximum atomic E-state index is 12.7. The fourth-order valence-electron chi connectivity index (χ4n) is 3.83. The molecule has 0 saturated heterocycles. The zero-order chi connectivity index (χ0) is 23.3. The van der Waals surface area contributed by atoms with E-state index in [9.17, 15) is 9.59 Å². The van der Waals surface area contributed by atoms with Crippen molar-refractivity contribution in [3.05, 3.63) is 143 Å². The lowest BCUT2D eigenvalue weighted by molar-refractivity contribution is 0.104. The summed E-state index contributed by atoms with van der Waals surface area (Å²) < 4.78 is 5.28. The zero-order valence-electron chi connectivity index (χ0n) is 18.3. The van der Waals surface area contributed by atoms with E-state index >= 15 is 0 Å². The minimum Gasteiger partial charge on any atom is -0.422 e. The van der Waals surface area contributed by atoms with Gasteiger partial charge in [0.2, 0.25) is 0 Å². The Morgan fingerprint density at radius 2 is 1.24 bits per heavy atom. The van der Waals surface area contributed by atoms with Gasteiger partial charge in [-0.3, -0.25) is 4.79 Å². The standard InChI is InChI=1S/C30H21NO3/c32-28(27-21-23-9-7-8-14-29(23)34-30(27)33)20-17-22-15-18-26(19-16-22)31(24-10-3-1-4-11-24)25-12-5-2-6-13-25/h1-21H/b20-17+. The van der Waals surface area contributed by atoms with E-state index in [1.54, 1.807) is 24.3 Å². The number of rotatable bonds is 6. The first-order valence-corrected chi connectivity index (χ1v) is 10.9. The third-order valence-electron chi connectivity index (χ3n) is 5.51. The van der Waals surface area contributed by atoms with Crippen LogP contribution in [0.15, 0.2) is 131 Å². The number of nitrogens with zero attached hydrogens (tertiary/aromatic N) is 1. The first-order valence-electron chi connectivity index (χ1n) is 10.9. The van der Waals surface area contributed by atoms with Crippen molar-refractivity contribution < 1.29 is 9.21 Å². The molecule has 0 fully saturated rings. The van der Waals surface area contributed by atoms with E-state index in [1.165, 1.54) is 6.08 Å². The molecule has 0 aliphatic carbocycles. The maximum absolute atomic E-state index is 12.7. The molecule has 5 rings (SSSR count). The molecule has 4 aromatic carbocycles. The Kier molecular flexibility index (Phi) is 5.87. The van der Waals surface area contributed by atoms with Gasteiger partial charge in [-0.1, -0.05) is 72.8 Å². The van der Waals surface area contributed by atoms with Crippen LogP contribution in [-0.4, -0.2) is 5.78 Å². The summed E-state index contributed by atoms with van der Waals surface area (Å²) in [5.41, 5.74) is 3.80. The highest BCUT2D eigenvalue weighted by Gasteiger charge is 2.12. The number of para-hydroxylation sites is 3. The Hall–Kier alpha value is -4.70. The van der Waals surface area contributed by atoms with Gasteiger partial charge in [0, 0.05) is 22.4 Å². The number of ketones is 1. The minimum absolute atomic E-state index is 0.0194. The molecule has 0 atom stereocenters. The molecule has 34 heavy (non-hydrogen) atoms. The van der Waals surface area contributed by atoms with Crippen LogP contribution in [0.3, 0.4) is 0 Å². The molecule has 0 amide bonds. The average Bonchev–Trinajstić information content (AvgIpc) is 2.89. The summed E-state index contributed by atoms with van der Waals surface area (Å²) in [5, 5.41) is 0.713. The van der Waals surface area contributed by atoms with Crippen LogP contribution in [0, 0.1) is 0 Å². The molecule has 0 radical (unpaired) electrons. The number of anilines is 3. The second-order valence-corrected chi connectivity index (χ2v) is 7.78. The Balaban J connectivity index is 1.41. The van der Waals surface area contributed by atoms with Crippen LogP contribution in [0.4, 0.5) is 17.1 Å². The molecule has 4 nitrogen and oxygen atoms in total. The molecular formula is C30H21NO3. The highest BCUT2D eigenvalue weighted by Crippen LogP contribution is 2.34. The van der Waals surface area contributed by atoms with E-state index in [2.05, 4.69) is 29.2 Å². The van der Waals surface area contributed by atoms with Gasteiger partial charge < -0.3 is 9.32 Å². The Morgan fingerprint density at radius 3 is 1.88 bits per heavy atom. The molecule has 0 spiro atoms. The Morgan fingerprint density at radius 1 is 0.676 bits per heavy atom. The van der Waals surface area contributed by atoms with Crippen molar-refractivity contribution >= 4 is 39.9 Å². The van der Waals surface area contributed by atoms with Gasteiger partial charge in [0.05, 0.1) is 0 Å². The van der Waals surface area contributed by atoms with Crippen LogP contribution in [0.1, 0.15) is 15.9 Å². The average molecular weight is 444 g/mol. The summed E-state index contributed by atoms with van der Waals surface area (Å²) >= 11 is 0. The van der Waals surface area contributed by atoms with Crippen molar-refractivity contribution in [3.63, 3.8) is 0 Å². The SMILES string of the molecule is O=C(/C=C/c1ccc(N(c2ccccc2)c2ccccc2)cc1)c1cc2ccccc2oc1=O. The lowest BCUT2D eigenvalue weighted by Gasteiger charge is -2.25. The number of allylic oxidation sites excluding steroid dienone is 1. The van der Waals surface area contributed by atoms with Crippen LogP contribution < -0.4 is 10.5 Å². The molecule has 0 N–H and O–H groups in total. The van der Waals surface area contributed by atoms with Gasteiger partial charge in [-0.2, -0.15) is 0 Å². The number of fused-ring (bicyclic) bond motifs is 1. The van der Waals surface area contributed by atoms with E-state index in [1.807, 2.05) is 72.8 Å². The summed E-state index contributed by atoms with van der Waals surface area (Å²) in [4.78, 5) is 27.1. The Bertz CT molecular complexity index is 1480. The molecular weight excluding hydrogens is 422 g/mol. The number of carbonyl (C=O) groups excluding carboxylic acids is 1. The quantitative estimate of drug-likeness (QED) is 0.159. The normalized spacial score (nSPS) is 11.1. The fourth-order valence-corrected chi connectivity index (χ4v) is 3.83. The van der Waals surface area contributed by atoms with E-state index < -0.39 is 11.4 Å². The number of benzene rings is 4. The van der Waals surface area contributed by atoms with Gasteiger partial charge in [0.25, 0.3) is 0 Å². The van der Waals surface area contributed by atoms with Crippen LogP contribution in [0.25, 0.3) is 17.0 Å². The largest absolute Gasteiger partial charge is 0.422 e. The lowest BCUT2D eigenvalue weighted by Crippen LogP contribution is -2.11. The van der Waals surface area contributed by atoms with E-state index in [0.29, 0.717) is 11.0 Å². The molecule has 0 aliphatic rings. The molecule has 1 aromatic heterocycles. The van der Waals surface area contributed by atoms with Crippen molar-refractivity contribution in [1.29, 1.82) is 0 Å². The first kappa shape index (κ1) is 21.2. The Labute approximate surface area is 197 Å². The lowest BCUT2D eigenvalue weighted by atomic mass is 10.1. The first-order chi connectivity index (χ1) is 16.7. The molecule has 0 bridgehead atoms. The molecule has 0 aliphatic heterocycles. The summed E-state index contributed by atoms with van der Waals surface area (Å²) in [6.07, 6.45) is 3.11. The molecule has 0 saturated carbocycles. The summed E-state index contributed by atoms with van der Waals surface area (Å²) in [7, 11) is 0. The van der Waals surface area contributed by atoms with Crippen molar-refractivity contribution in [3.8, 4) is 0 Å². The molecule has 0 unspecified atom stereocenters. The van der Waals surface area contributed by atoms with Crippen LogP contribution in [0.5, 0.6) is 0 Å². The minimum atomic E-state index is -0.634. The second kappa shape index (κ2) is 9.43. The van der Waals surface area contributed by atoms with Gasteiger partial charge in [-0.25, -0.2) is 4.79 Å².